The quantitative estimate of drug-likeness (QED) is 0.751. The molecule has 0 aromatic heterocycles. The zero-order chi connectivity index (χ0) is 20.9. The molecule has 0 spiro atoms. The molecule has 0 radical (unpaired) electrons. The lowest BCUT2D eigenvalue weighted by molar-refractivity contribution is -0.116. The molecule has 1 aliphatic heterocycles. The monoisotopic (exact) mass is 417 g/mol. The van der Waals surface area contributed by atoms with Gasteiger partial charge in [0.2, 0.25) is 5.91 Å². The number of benzene rings is 2. The Morgan fingerprint density at radius 2 is 1.79 bits per heavy atom. The summed E-state index contributed by atoms with van der Waals surface area (Å²) in [6.45, 7) is 2.88. The van der Waals surface area contributed by atoms with Gasteiger partial charge >= 0.3 is 0 Å². The Kier molecular flexibility index (Phi) is 6.89. The van der Waals surface area contributed by atoms with E-state index in [0.717, 1.165) is 23.3 Å². The van der Waals surface area contributed by atoms with Gasteiger partial charge in [-0.15, -0.1) is 0 Å². The maximum Gasteiger partial charge on any atom is 0.282 e. The fourth-order valence-corrected chi connectivity index (χ4v) is 4.94. The van der Waals surface area contributed by atoms with Crippen LogP contribution in [0.3, 0.4) is 0 Å². The van der Waals surface area contributed by atoms with E-state index in [1.165, 1.54) is 8.61 Å². The van der Waals surface area contributed by atoms with Gasteiger partial charge < -0.3 is 10.1 Å². The van der Waals surface area contributed by atoms with Gasteiger partial charge in [0.25, 0.3) is 10.2 Å². The van der Waals surface area contributed by atoms with Crippen LogP contribution in [0.2, 0.25) is 0 Å². The molecule has 1 aliphatic rings. The number of nitrogens with one attached hydrogen (secondary N) is 1. The summed E-state index contributed by atoms with van der Waals surface area (Å²) in [5, 5.41) is 2.80. The summed E-state index contributed by atoms with van der Waals surface area (Å²) in [6, 6.07) is 14.9. The predicted molar refractivity (Wildman–Crippen MR) is 113 cm³/mol. The third-order valence-corrected chi connectivity index (χ3v) is 6.85. The summed E-state index contributed by atoms with van der Waals surface area (Å²) in [5.74, 6) is 0.383. The van der Waals surface area contributed by atoms with Gasteiger partial charge in [0.15, 0.2) is 0 Å². The molecular formula is C21H27N3O4S. The lowest BCUT2D eigenvalue weighted by Crippen LogP contribution is -2.51. The number of carbonyl (C=O) groups is 1. The van der Waals surface area contributed by atoms with Gasteiger partial charge in [-0.05, 0) is 48.2 Å². The molecule has 0 aliphatic carbocycles. The highest BCUT2D eigenvalue weighted by Gasteiger charge is 2.34. The smallest absolute Gasteiger partial charge is 0.282 e. The lowest BCUT2D eigenvalue weighted by atomic mass is 10.1. The van der Waals surface area contributed by atoms with Gasteiger partial charge in [-0.1, -0.05) is 31.2 Å². The standard InChI is InChI=1S/C21H27N3O4S/c1-3-17-6-4-7-19(14-17)22-21(25)16-24-13-5-12-23(29(24,26)27)15-18-8-10-20(28-2)11-9-18/h4,6-11,14H,3,5,12-13,15-16H2,1-2H3,(H,22,25). The van der Waals surface area contributed by atoms with Crippen LogP contribution in [0.5, 0.6) is 5.75 Å². The number of rotatable bonds is 7. The number of ether oxygens (including phenoxy) is 1. The predicted octanol–water partition coefficient (Wildman–Crippen LogP) is 2.65. The highest BCUT2D eigenvalue weighted by Crippen LogP contribution is 2.21. The number of amides is 1. The lowest BCUT2D eigenvalue weighted by Gasteiger charge is -2.34. The topological polar surface area (TPSA) is 79.0 Å². The molecule has 0 saturated carbocycles. The van der Waals surface area contributed by atoms with Crippen molar-refractivity contribution in [2.45, 2.75) is 26.3 Å². The van der Waals surface area contributed by atoms with Crippen molar-refractivity contribution in [1.82, 2.24) is 8.61 Å². The van der Waals surface area contributed by atoms with Gasteiger partial charge in [0, 0.05) is 25.3 Å². The Morgan fingerprint density at radius 3 is 2.48 bits per heavy atom. The minimum absolute atomic E-state index is 0.197. The number of nitrogens with zero attached hydrogens (tertiary/aromatic N) is 2. The summed E-state index contributed by atoms with van der Waals surface area (Å²) in [5.41, 5.74) is 2.66. The number of aryl methyl sites for hydroxylation is 1. The Balaban J connectivity index is 1.65. The molecule has 1 amide bonds. The van der Waals surface area contributed by atoms with E-state index in [0.29, 0.717) is 25.2 Å². The summed E-state index contributed by atoms with van der Waals surface area (Å²) in [4.78, 5) is 12.5. The minimum atomic E-state index is -3.70. The number of anilines is 1. The first-order valence-corrected chi connectivity index (χ1v) is 11.1. The van der Waals surface area contributed by atoms with E-state index in [-0.39, 0.29) is 19.0 Å². The Morgan fingerprint density at radius 1 is 1.07 bits per heavy atom. The van der Waals surface area contributed by atoms with Crippen LogP contribution >= 0.6 is 0 Å². The maximum absolute atomic E-state index is 13.0. The first-order valence-electron chi connectivity index (χ1n) is 9.69. The van der Waals surface area contributed by atoms with Crippen molar-refractivity contribution < 1.29 is 17.9 Å². The van der Waals surface area contributed by atoms with Crippen LogP contribution in [0.4, 0.5) is 5.69 Å². The summed E-state index contributed by atoms with van der Waals surface area (Å²) in [7, 11) is -2.11. The third kappa shape index (κ3) is 5.35. The fourth-order valence-electron chi connectivity index (χ4n) is 3.30. The second-order valence-electron chi connectivity index (χ2n) is 6.98. The van der Waals surface area contributed by atoms with Gasteiger partial charge in [-0.2, -0.15) is 17.0 Å². The van der Waals surface area contributed by atoms with E-state index < -0.39 is 10.2 Å². The SMILES string of the molecule is CCc1cccc(NC(=O)CN2CCCN(Cc3ccc(OC)cc3)S2(=O)=O)c1. The van der Waals surface area contributed by atoms with Crippen LogP contribution in [0.15, 0.2) is 48.5 Å². The average molecular weight is 418 g/mol. The first kappa shape index (κ1) is 21.3. The number of methoxy groups -OCH3 is 1. The Bertz CT molecular complexity index is 945. The van der Waals surface area contributed by atoms with E-state index in [2.05, 4.69) is 5.32 Å². The summed E-state index contributed by atoms with van der Waals surface area (Å²) < 4.78 is 33.8. The van der Waals surface area contributed by atoms with Crippen molar-refractivity contribution in [3.8, 4) is 5.75 Å². The first-order chi connectivity index (χ1) is 13.9. The molecule has 0 bridgehead atoms. The molecule has 1 fully saturated rings. The molecule has 8 heteroatoms. The molecule has 1 N–H and O–H groups in total. The minimum Gasteiger partial charge on any atom is -0.497 e. The van der Waals surface area contributed by atoms with Crippen molar-refractivity contribution >= 4 is 21.8 Å². The molecule has 29 heavy (non-hydrogen) atoms. The number of hydrogen-bond donors (Lipinski definition) is 1. The highest BCUT2D eigenvalue weighted by molar-refractivity contribution is 7.86. The van der Waals surface area contributed by atoms with E-state index in [4.69, 9.17) is 4.74 Å². The number of hydrogen-bond acceptors (Lipinski definition) is 4. The molecule has 7 nitrogen and oxygen atoms in total. The van der Waals surface area contributed by atoms with E-state index in [1.807, 2.05) is 49.4 Å². The van der Waals surface area contributed by atoms with Crippen LogP contribution < -0.4 is 10.1 Å². The van der Waals surface area contributed by atoms with Crippen LogP contribution in [-0.2, 0) is 28.0 Å². The molecule has 1 saturated heterocycles. The van der Waals surface area contributed by atoms with E-state index in [1.54, 1.807) is 13.2 Å². The van der Waals surface area contributed by atoms with Crippen LogP contribution in [0.25, 0.3) is 0 Å². The zero-order valence-corrected chi connectivity index (χ0v) is 17.6. The van der Waals surface area contributed by atoms with Crippen molar-refractivity contribution in [3.63, 3.8) is 0 Å². The summed E-state index contributed by atoms with van der Waals surface area (Å²) >= 11 is 0. The van der Waals surface area contributed by atoms with E-state index in [9.17, 15) is 13.2 Å². The molecule has 2 aromatic carbocycles. The average Bonchev–Trinajstić information content (AvgIpc) is 2.72. The fraction of sp³-hybridized carbons (Fsp3) is 0.381. The zero-order valence-electron chi connectivity index (χ0n) is 16.8. The van der Waals surface area contributed by atoms with Crippen LogP contribution in [-0.4, -0.2) is 49.7 Å². The second-order valence-corrected chi connectivity index (χ2v) is 8.91. The third-order valence-electron chi connectivity index (χ3n) is 4.92. The highest BCUT2D eigenvalue weighted by atomic mass is 32.2. The molecule has 2 aromatic rings. The van der Waals surface area contributed by atoms with Crippen molar-refractivity contribution in [2.24, 2.45) is 0 Å². The van der Waals surface area contributed by atoms with Gasteiger partial charge in [-0.3, -0.25) is 4.79 Å². The van der Waals surface area contributed by atoms with E-state index >= 15 is 0 Å². The largest absolute Gasteiger partial charge is 0.497 e. The molecule has 156 valence electrons. The molecule has 3 rings (SSSR count). The normalized spacial score (nSPS) is 17.0. The Hall–Kier alpha value is -2.42. The summed E-state index contributed by atoms with van der Waals surface area (Å²) in [6.07, 6.45) is 1.54. The van der Waals surface area contributed by atoms with Gasteiger partial charge in [0.1, 0.15) is 5.75 Å². The van der Waals surface area contributed by atoms with Crippen LogP contribution in [0.1, 0.15) is 24.5 Å². The molecule has 0 unspecified atom stereocenters. The molecule has 0 atom stereocenters. The van der Waals surface area contributed by atoms with Gasteiger partial charge in [0.05, 0.1) is 13.7 Å². The molecular weight excluding hydrogens is 390 g/mol. The maximum atomic E-state index is 13.0. The number of carbonyl (C=O) groups excluding carboxylic acids is 1. The van der Waals surface area contributed by atoms with Gasteiger partial charge in [-0.25, -0.2) is 0 Å². The molecule has 1 heterocycles. The van der Waals surface area contributed by atoms with Crippen molar-refractivity contribution in [3.05, 3.63) is 59.7 Å². The Labute approximate surface area is 172 Å². The van der Waals surface area contributed by atoms with Crippen molar-refractivity contribution in [1.29, 1.82) is 0 Å². The van der Waals surface area contributed by atoms with Crippen LogP contribution in [0, 0.1) is 0 Å². The second kappa shape index (κ2) is 9.39. The van der Waals surface area contributed by atoms with Crippen molar-refractivity contribution in [2.75, 3.05) is 32.1 Å².